The SMILES string of the molecule is [CH3-].[CH3-].[CH3-].[Ti+4].[c-]1cc2cccc3cc4c5c(ccc1c5c23)-c1ccccc1-4. The molecular weight excluding hydrogens is 348 g/mol. The third-order valence-corrected chi connectivity index (χ3v) is 5.04. The van der Waals surface area contributed by atoms with E-state index in [2.05, 4.69) is 72.8 Å². The fourth-order valence-electron chi connectivity index (χ4n) is 4.15. The summed E-state index contributed by atoms with van der Waals surface area (Å²) < 4.78 is 0. The van der Waals surface area contributed by atoms with Gasteiger partial charge in [-0.3, -0.25) is 0 Å². The van der Waals surface area contributed by atoms with Crippen molar-refractivity contribution in [1.29, 1.82) is 0 Å². The van der Waals surface area contributed by atoms with Crippen LogP contribution in [0.1, 0.15) is 0 Å². The third-order valence-electron chi connectivity index (χ3n) is 5.04. The van der Waals surface area contributed by atoms with Gasteiger partial charge in [0.25, 0.3) is 0 Å². The van der Waals surface area contributed by atoms with Gasteiger partial charge in [-0.25, -0.2) is 0 Å². The van der Waals surface area contributed by atoms with Crippen LogP contribution in [0.15, 0.2) is 66.7 Å². The van der Waals surface area contributed by atoms with E-state index < -0.39 is 0 Å². The first-order valence-corrected chi connectivity index (χ1v) is 7.64. The number of rotatable bonds is 0. The molecule has 0 atom stereocenters. The average Bonchev–Trinajstić information content (AvgIpc) is 2.90. The topological polar surface area (TPSA) is 0 Å². The van der Waals surface area contributed by atoms with Crippen LogP contribution in [-0.2, 0) is 21.7 Å². The summed E-state index contributed by atoms with van der Waals surface area (Å²) in [6, 6.07) is 27.7. The monoisotopic (exact) mass is 368 g/mol. The number of hydrogen-bond donors (Lipinski definition) is 0. The van der Waals surface area contributed by atoms with Crippen molar-refractivity contribution in [1.82, 2.24) is 0 Å². The summed E-state index contributed by atoms with van der Waals surface area (Å²) in [6.45, 7) is 0. The summed E-state index contributed by atoms with van der Waals surface area (Å²) in [5, 5.41) is 7.98. The van der Waals surface area contributed by atoms with Crippen LogP contribution in [0.2, 0.25) is 0 Å². The smallest absolute Gasteiger partial charge is 0.358 e. The van der Waals surface area contributed by atoms with Gasteiger partial charge in [0, 0.05) is 0 Å². The molecule has 6 rings (SSSR count). The van der Waals surface area contributed by atoms with E-state index in [4.69, 9.17) is 0 Å². The Labute approximate surface area is 171 Å². The zero-order valence-electron chi connectivity index (χ0n) is 15.4. The van der Waals surface area contributed by atoms with Gasteiger partial charge >= 0.3 is 21.7 Å². The maximum absolute atomic E-state index is 3.47. The molecule has 0 aliphatic heterocycles. The molecule has 1 aliphatic rings. The van der Waals surface area contributed by atoms with Crippen molar-refractivity contribution in [2.24, 2.45) is 0 Å². The first kappa shape index (κ1) is 20.2. The second kappa shape index (κ2) is 6.87. The Morgan fingerprint density at radius 2 is 1.23 bits per heavy atom. The standard InChI is InChI=1S/C22H11.3CH3.Ti/c1-2-7-17-16(6-1)18-11-10-14-9-8-13-4-3-5-15-12-19(17)22(18)21(14)20(13)15;;;;/h1-8,10-12H;3*1H3;/q4*-1;+4. The third kappa shape index (κ3) is 2.26. The van der Waals surface area contributed by atoms with E-state index in [1.807, 2.05) is 0 Å². The van der Waals surface area contributed by atoms with Crippen molar-refractivity contribution in [3.63, 3.8) is 0 Å². The van der Waals surface area contributed by atoms with E-state index in [9.17, 15) is 0 Å². The van der Waals surface area contributed by atoms with Gasteiger partial charge in [0.15, 0.2) is 0 Å². The molecule has 0 saturated heterocycles. The van der Waals surface area contributed by atoms with E-state index in [-0.39, 0.29) is 44.0 Å². The summed E-state index contributed by atoms with van der Waals surface area (Å²) in [7, 11) is 0. The van der Waals surface area contributed by atoms with E-state index in [1.54, 1.807) is 0 Å². The summed E-state index contributed by atoms with van der Waals surface area (Å²) in [6.07, 6.45) is 0. The van der Waals surface area contributed by atoms with Crippen LogP contribution >= 0.6 is 0 Å². The van der Waals surface area contributed by atoms with Gasteiger partial charge in [-0.05, 0) is 39.1 Å². The average molecular weight is 368 g/mol. The predicted molar refractivity (Wildman–Crippen MR) is 113 cm³/mol. The van der Waals surface area contributed by atoms with Crippen molar-refractivity contribution in [3.05, 3.63) is 95.1 Å². The van der Waals surface area contributed by atoms with Crippen molar-refractivity contribution >= 4 is 32.3 Å². The van der Waals surface area contributed by atoms with Crippen LogP contribution in [0.5, 0.6) is 0 Å². The molecule has 26 heavy (non-hydrogen) atoms. The zero-order chi connectivity index (χ0) is 14.3. The van der Waals surface area contributed by atoms with Crippen LogP contribution in [0.25, 0.3) is 54.6 Å². The largest absolute Gasteiger partial charge is 4.00 e. The maximum atomic E-state index is 3.47. The Morgan fingerprint density at radius 1 is 0.538 bits per heavy atom. The molecule has 0 heterocycles. The molecular formula is C25H20Ti. The second-order valence-corrected chi connectivity index (χ2v) is 6.11. The minimum absolute atomic E-state index is 0. The van der Waals surface area contributed by atoms with Crippen molar-refractivity contribution in [2.45, 2.75) is 0 Å². The molecule has 0 aromatic heterocycles. The molecule has 0 bridgehead atoms. The molecule has 5 aromatic carbocycles. The molecule has 5 aromatic rings. The minimum Gasteiger partial charge on any atom is -0.358 e. The van der Waals surface area contributed by atoms with Gasteiger partial charge in [0.1, 0.15) is 0 Å². The maximum Gasteiger partial charge on any atom is 4.00 e. The Kier molecular flexibility index (Phi) is 5.33. The summed E-state index contributed by atoms with van der Waals surface area (Å²) in [5.74, 6) is 0. The van der Waals surface area contributed by atoms with Crippen LogP contribution in [0.3, 0.4) is 0 Å². The Hall–Kier alpha value is -2.15. The van der Waals surface area contributed by atoms with E-state index in [0.29, 0.717) is 0 Å². The van der Waals surface area contributed by atoms with Crippen LogP contribution in [0, 0.1) is 28.3 Å². The molecule has 1 heteroatoms. The van der Waals surface area contributed by atoms with Gasteiger partial charge in [0.05, 0.1) is 0 Å². The normalized spacial score (nSPS) is 10.6. The van der Waals surface area contributed by atoms with Gasteiger partial charge in [-0.15, -0.1) is 23.6 Å². The van der Waals surface area contributed by atoms with E-state index in [1.165, 1.54) is 54.6 Å². The molecule has 0 fully saturated rings. The molecule has 0 saturated carbocycles. The van der Waals surface area contributed by atoms with Gasteiger partial charge in [-0.2, -0.15) is 0 Å². The first-order chi connectivity index (χ1) is 10.9. The van der Waals surface area contributed by atoms with Crippen molar-refractivity contribution < 1.29 is 21.7 Å². The number of benzene rings is 5. The van der Waals surface area contributed by atoms with Gasteiger partial charge < -0.3 is 22.3 Å². The van der Waals surface area contributed by atoms with Crippen LogP contribution in [-0.4, -0.2) is 0 Å². The van der Waals surface area contributed by atoms with Crippen LogP contribution in [0.4, 0.5) is 0 Å². The molecule has 1 aliphatic carbocycles. The van der Waals surface area contributed by atoms with Gasteiger partial charge in [-0.1, -0.05) is 64.7 Å². The molecule has 0 unspecified atom stereocenters. The Morgan fingerprint density at radius 3 is 2.00 bits per heavy atom. The minimum atomic E-state index is 0. The second-order valence-electron chi connectivity index (χ2n) is 6.11. The quantitative estimate of drug-likeness (QED) is 0.149. The summed E-state index contributed by atoms with van der Waals surface area (Å²) >= 11 is 0. The molecule has 0 radical (unpaired) electrons. The number of hydrogen-bond acceptors (Lipinski definition) is 0. The number of fused-ring (bicyclic) bond motifs is 3. The van der Waals surface area contributed by atoms with Crippen LogP contribution < -0.4 is 0 Å². The van der Waals surface area contributed by atoms with Gasteiger partial charge in [0.2, 0.25) is 0 Å². The predicted octanol–water partition coefficient (Wildman–Crippen LogP) is 7.38. The Balaban J connectivity index is 0.000000607. The molecule has 124 valence electrons. The summed E-state index contributed by atoms with van der Waals surface area (Å²) in [5.41, 5.74) is 5.45. The van der Waals surface area contributed by atoms with Crippen molar-refractivity contribution in [2.75, 3.05) is 0 Å². The molecule has 0 N–H and O–H groups in total. The van der Waals surface area contributed by atoms with Crippen molar-refractivity contribution in [3.8, 4) is 22.3 Å². The molecule has 0 nitrogen and oxygen atoms in total. The van der Waals surface area contributed by atoms with E-state index >= 15 is 0 Å². The first-order valence-electron chi connectivity index (χ1n) is 7.64. The molecule has 0 amide bonds. The van der Waals surface area contributed by atoms with E-state index in [0.717, 1.165) is 0 Å². The Bertz CT molecular complexity index is 1220. The fraction of sp³-hybridized carbons (Fsp3) is 0. The zero-order valence-corrected chi connectivity index (χ0v) is 16.9. The summed E-state index contributed by atoms with van der Waals surface area (Å²) in [4.78, 5) is 0. The molecule has 0 spiro atoms. The fourth-order valence-corrected chi connectivity index (χ4v) is 4.15.